The summed E-state index contributed by atoms with van der Waals surface area (Å²) in [5, 5.41) is 0. The van der Waals surface area contributed by atoms with Crippen molar-refractivity contribution in [1.29, 1.82) is 0 Å². The SMILES string of the molecule is CSc1ccc(S(=O)(=O)N2CCN(c3cccc(C)c3C)CC2)cc1C(=O)N1CCCC1. The number of carbonyl (C=O) groups excluding carboxylic acids is 1. The minimum atomic E-state index is -3.66. The number of likely N-dealkylation sites (tertiary alicyclic amines) is 1. The molecule has 4 rings (SSSR count). The molecular formula is C24H31N3O3S2. The fraction of sp³-hybridized carbons (Fsp3) is 0.458. The van der Waals surface area contributed by atoms with Crippen LogP contribution in [0.5, 0.6) is 0 Å². The quantitative estimate of drug-likeness (QED) is 0.619. The van der Waals surface area contributed by atoms with E-state index < -0.39 is 10.0 Å². The third-order valence-corrected chi connectivity index (χ3v) is 9.28. The highest BCUT2D eigenvalue weighted by molar-refractivity contribution is 7.98. The number of sulfonamides is 1. The molecule has 32 heavy (non-hydrogen) atoms. The Balaban J connectivity index is 1.54. The molecule has 0 N–H and O–H groups in total. The van der Waals surface area contributed by atoms with Crippen molar-refractivity contribution >= 4 is 33.4 Å². The van der Waals surface area contributed by atoms with Crippen LogP contribution in [-0.4, -0.2) is 69.1 Å². The summed E-state index contributed by atoms with van der Waals surface area (Å²) in [7, 11) is -3.66. The van der Waals surface area contributed by atoms with Gasteiger partial charge in [-0.05, 0) is 68.3 Å². The average molecular weight is 474 g/mol. The number of piperazine rings is 1. The van der Waals surface area contributed by atoms with Gasteiger partial charge in [-0.2, -0.15) is 4.31 Å². The summed E-state index contributed by atoms with van der Waals surface area (Å²) in [6.07, 6.45) is 3.92. The Bertz CT molecular complexity index is 1100. The van der Waals surface area contributed by atoms with Crippen molar-refractivity contribution in [3.8, 4) is 0 Å². The molecule has 0 atom stereocenters. The maximum atomic E-state index is 13.4. The zero-order valence-corrected chi connectivity index (χ0v) is 20.6. The van der Waals surface area contributed by atoms with Gasteiger partial charge in [0.05, 0.1) is 10.5 Å². The van der Waals surface area contributed by atoms with Crippen molar-refractivity contribution < 1.29 is 13.2 Å². The number of rotatable bonds is 5. The largest absolute Gasteiger partial charge is 0.369 e. The number of amides is 1. The summed E-state index contributed by atoms with van der Waals surface area (Å²) >= 11 is 1.48. The lowest BCUT2D eigenvalue weighted by Gasteiger charge is -2.36. The van der Waals surface area contributed by atoms with Gasteiger partial charge >= 0.3 is 0 Å². The lowest BCUT2D eigenvalue weighted by atomic mass is 10.1. The van der Waals surface area contributed by atoms with E-state index in [1.54, 1.807) is 22.5 Å². The second-order valence-corrected chi connectivity index (χ2v) is 11.3. The first-order valence-corrected chi connectivity index (χ1v) is 13.8. The van der Waals surface area contributed by atoms with Crippen molar-refractivity contribution in [3.05, 3.63) is 53.1 Å². The van der Waals surface area contributed by atoms with Crippen LogP contribution >= 0.6 is 11.8 Å². The molecule has 2 aromatic carbocycles. The van der Waals surface area contributed by atoms with E-state index in [0.29, 0.717) is 31.7 Å². The number of hydrogen-bond acceptors (Lipinski definition) is 5. The summed E-state index contributed by atoms with van der Waals surface area (Å²) in [5.41, 5.74) is 4.14. The van der Waals surface area contributed by atoms with Gasteiger partial charge in [-0.3, -0.25) is 4.79 Å². The minimum absolute atomic E-state index is 0.0661. The Morgan fingerprint density at radius 2 is 1.62 bits per heavy atom. The van der Waals surface area contributed by atoms with E-state index in [1.807, 2.05) is 17.2 Å². The van der Waals surface area contributed by atoms with E-state index >= 15 is 0 Å². The molecule has 2 aliphatic heterocycles. The maximum Gasteiger partial charge on any atom is 0.255 e. The fourth-order valence-corrected chi connectivity index (χ4v) is 6.52. The van der Waals surface area contributed by atoms with Crippen LogP contribution in [0.25, 0.3) is 0 Å². The zero-order chi connectivity index (χ0) is 22.9. The fourth-order valence-electron chi connectivity index (χ4n) is 4.50. The average Bonchev–Trinajstić information content (AvgIpc) is 3.35. The highest BCUT2D eigenvalue weighted by atomic mass is 32.2. The van der Waals surface area contributed by atoms with Crippen molar-refractivity contribution in [2.75, 3.05) is 50.4 Å². The molecule has 6 nitrogen and oxygen atoms in total. The Kier molecular flexibility index (Phi) is 6.83. The van der Waals surface area contributed by atoms with Crippen LogP contribution in [0.2, 0.25) is 0 Å². The maximum absolute atomic E-state index is 13.4. The van der Waals surface area contributed by atoms with Crippen LogP contribution in [0.4, 0.5) is 5.69 Å². The van der Waals surface area contributed by atoms with Gasteiger partial charge < -0.3 is 9.80 Å². The number of thioether (sulfide) groups is 1. The molecule has 0 aromatic heterocycles. The second kappa shape index (κ2) is 9.45. The molecule has 2 heterocycles. The van der Waals surface area contributed by atoms with Crippen LogP contribution in [0.1, 0.15) is 34.3 Å². The highest BCUT2D eigenvalue weighted by Gasteiger charge is 2.31. The summed E-state index contributed by atoms with van der Waals surface area (Å²) in [6.45, 7) is 7.83. The third-order valence-electron chi connectivity index (χ3n) is 6.59. The predicted octanol–water partition coefficient (Wildman–Crippen LogP) is 3.77. The Hall–Kier alpha value is -2.03. The van der Waals surface area contributed by atoms with E-state index in [1.165, 1.54) is 28.6 Å². The number of anilines is 1. The summed E-state index contributed by atoms with van der Waals surface area (Å²) < 4.78 is 28.4. The Morgan fingerprint density at radius 1 is 0.938 bits per heavy atom. The predicted molar refractivity (Wildman–Crippen MR) is 130 cm³/mol. The molecular weight excluding hydrogens is 442 g/mol. The van der Waals surface area contributed by atoms with Crippen LogP contribution < -0.4 is 4.90 Å². The standard InChI is InChI=1S/C24H31N3O3S2/c1-18-7-6-8-22(19(18)2)25-13-15-27(16-14-25)32(29,30)20-9-10-23(31-3)21(17-20)24(28)26-11-4-5-12-26/h6-10,17H,4-5,11-16H2,1-3H3. The molecule has 0 aliphatic carbocycles. The lowest BCUT2D eigenvalue weighted by Crippen LogP contribution is -2.48. The summed E-state index contributed by atoms with van der Waals surface area (Å²) in [5.74, 6) is -0.0661. The van der Waals surface area contributed by atoms with Gasteiger partial charge in [-0.15, -0.1) is 11.8 Å². The van der Waals surface area contributed by atoms with Gasteiger partial charge in [-0.1, -0.05) is 12.1 Å². The molecule has 2 aromatic rings. The van der Waals surface area contributed by atoms with Crippen LogP contribution in [0.15, 0.2) is 46.2 Å². The Labute approximate surface area is 195 Å². The highest BCUT2D eigenvalue weighted by Crippen LogP contribution is 2.29. The molecule has 1 amide bonds. The van der Waals surface area contributed by atoms with Crippen molar-refractivity contribution in [2.45, 2.75) is 36.5 Å². The molecule has 0 saturated carbocycles. The van der Waals surface area contributed by atoms with Crippen molar-refractivity contribution in [1.82, 2.24) is 9.21 Å². The topological polar surface area (TPSA) is 60.9 Å². The molecule has 0 unspecified atom stereocenters. The van der Waals surface area contributed by atoms with Gasteiger partial charge in [0.15, 0.2) is 0 Å². The van der Waals surface area contributed by atoms with Crippen LogP contribution in [0, 0.1) is 13.8 Å². The molecule has 172 valence electrons. The van der Waals surface area contributed by atoms with E-state index in [4.69, 9.17) is 0 Å². The number of aryl methyl sites for hydroxylation is 1. The van der Waals surface area contributed by atoms with Crippen molar-refractivity contribution in [2.24, 2.45) is 0 Å². The van der Waals surface area contributed by atoms with Gasteiger partial charge in [0.2, 0.25) is 10.0 Å². The molecule has 0 radical (unpaired) electrons. The van der Waals surface area contributed by atoms with E-state index in [2.05, 4.69) is 30.9 Å². The monoisotopic (exact) mass is 473 g/mol. The lowest BCUT2D eigenvalue weighted by molar-refractivity contribution is 0.0789. The van der Waals surface area contributed by atoms with Crippen LogP contribution in [0.3, 0.4) is 0 Å². The first-order chi connectivity index (χ1) is 15.3. The zero-order valence-electron chi connectivity index (χ0n) is 19.0. The number of hydrogen-bond donors (Lipinski definition) is 0. The second-order valence-electron chi connectivity index (χ2n) is 8.47. The molecule has 0 spiro atoms. The molecule has 8 heteroatoms. The van der Waals surface area contributed by atoms with Crippen molar-refractivity contribution in [3.63, 3.8) is 0 Å². The number of nitrogens with zero attached hydrogens (tertiary/aromatic N) is 3. The van der Waals surface area contributed by atoms with E-state index in [9.17, 15) is 13.2 Å². The molecule has 2 aliphatic rings. The van der Waals surface area contributed by atoms with Gasteiger partial charge in [-0.25, -0.2) is 8.42 Å². The number of benzene rings is 2. The Morgan fingerprint density at radius 3 is 2.28 bits per heavy atom. The molecule has 2 saturated heterocycles. The summed E-state index contributed by atoms with van der Waals surface area (Å²) in [4.78, 5) is 18.2. The molecule has 0 bridgehead atoms. The first-order valence-electron chi connectivity index (χ1n) is 11.1. The molecule has 2 fully saturated rings. The smallest absolute Gasteiger partial charge is 0.255 e. The third kappa shape index (κ3) is 4.40. The first kappa shape index (κ1) is 23.1. The van der Waals surface area contributed by atoms with Gasteiger partial charge in [0, 0.05) is 49.9 Å². The minimum Gasteiger partial charge on any atom is -0.369 e. The van der Waals surface area contributed by atoms with Crippen LogP contribution in [-0.2, 0) is 10.0 Å². The normalized spacial score (nSPS) is 17.7. The van der Waals surface area contributed by atoms with Gasteiger partial charge in [0.25, 0.3) is 5.91 Å². The van der Waals surface area contributed by atoms with E-state index in [0.717, 1.165) is 30.8 Å². The number of carbonyl (C=O) groups is 1. The van der Waals surface area contributed by atoms with Gasteiger partial charge in [0.1, 0.15) is 0 Å². The van der Waals surface area contributed by atoms with E-state index in [-0.39, 0.29) is 10.8 Å². The summed E-state index contributed by atoms with van der Waals surface area (Å²) in [6, 6.07) is 11.2.